The summed E-state index contributed by atoms with van der Waals surface area (Å²) in [6.45, 7) is 0. The molecule has 0 aliphatic rings. The number of primary amides is 1. The number of benzene rings is 1. The van der Waals surface area contributed by atoms with Crippen molar-refractivity contribution < 1.29 is 4.79 Å². The van der Waals surface area contributed by atoms with Crippen molar-refractivity contribution in [1.82, 2.24) is 0 Å². The highest BCUT2D eigenvalue weighted by Gasteiger charge is 1.95. The van der Waals surface area contributed by atoms with E-state index in [1.165, 1.54) is 0 Å². The molecule has 0 saturated carbocycles. The van der Waals surface area contributed by atoms with Crippen LogP contribution in [0.25, 0.3) is 0 Å². The molecule has 1 amide bonds. The highest BCUT2D eigenvalue weighted by molar-refractivity contribution is 6.33. The van der Waals surface area contributed by atoms with Gasteiger partial charge in [0.15, 0.2) is 0 Å². The van der Waals surface area contributed by atoms with Gasteiger partial charge in [-0.25, -0.2) is 0 Å². The number of nitrogen functional groups attached to an aromatic ring is 1. The van der Waals surface area contributed by atoms with Gasteiger partial charge in [0, 0.05) is 5.56 Å². The lowest BCUT2D eigenvalue weighted by Crippen LogP contribution is -2.08. The maximum atomic E-state index is 10.4. The Labute approximate surface area is 87.0 Å². The number of hydrogen-bond donors (Lipinski definition) is 2. The number of rotatable bonds is 1. The molecule has 0 saturated heterocycles. The Bertz CT molecular complexity index is 418. The maximum Gasteiger partial charge on any atom is 0.229 e. The predicted molar refractivity (Wildman–Crippen MR) is 56.6 cm³/mol. The Morgan fingerprint density at radius 1 is 1.50 bits per heavy atom. The van der Waals surface area contributed by atoms with Crippen LogP contribution in [-0.4, -0.2) is 5.91 Å². The fourth-order valence-electron chi connectivity index (χ4n) is 0.838. The molecule has 72 valence electrons. The van der Waals surface area contributed by atoms with E-state index in [4.69, 9.17) is 23.1 Å². The van der Waals surface area contributed by atoms with Crippen LogP contribution >= 0.6 is 11.6 Å². The Hall–Kier alpha value is -1.66. The zero-order chi connectivity index (χ0) is 10.6. The van der Waals surface area contributed by atoms with Crippen LogP contribution in [-0.2, 0) is 4.79 Å². The van der Waals surface area contributed by atoms with Gasteiger partial charge in [0.05, 0.1) is 17.1 Å². The zero-order valence-electron chi connectivity index (χ0n) is 7.38. The number of halogens is 1. The fraction of sp³-hybridized carbons (Fsp3) is 0.100. The van der Waals surface area contributed by atoms with Crippen LogP contribution < -0.4 is 11.5 Å². The van der Waals surface area contributed by atoms with Crippen LogP contribution in [0.5, 0.6) is 0 Å². The monoisotopic (exact) mass is 208 g/mol. The summed E-state index contributed by atoms with van der Waals surface area (Å²) in [6.07, 6.45) is 0.0436. The Morgan fingerprint density at radius 2 is 2.21 bits per heavy atom. The Morgan fingerprint density at radius 3 is 2.79 bits per heavy atom. The zero-order valence-corrected chi connectivity index (χ0v) is 8.14. The second kappa shape index (κ2) is 4.54. The normalized spacial score (nSPS) is 8.93. The molecule has 0 radical (unpaired) electrons. The third-order valence-electron chi connectivity index (χ3n) is 1.50. The summed E-state index contributed by atoms with van der Waals surface area (Å²) in [5, 5.41) is 0.455. The van der Waals surface area contributed by atoms with Crippen LogP contribution in [0, 0.1) is 11.8 Å². The number of anilines is 1. The standard InChI is InChI=1S/C10H9ClN2O/c11-8-6-7(4-5-9(8)12)2-1-3-10(13)14/h4-6H,3,12H2,(H2,13,14). The molecule has 1 aromatic carbocycles. The van der Waals surface area contributed by atoms with Crippen molar-refractivity contribution in [3.63, 3.8) is 0 Å². The lowest BCUT2D eigenvalue weighted by Gasteiger charge is -1.96. The number of amides is 1. The van der Waals surface area contributed by atoms with E-state index in [-0.39, 0.29) is 6.42 Å². The van der Waals surface area contributed by atoms with Crippen molar-refractivity contribution in [2.75, 3.05) is 5.73 Å². The van der Waals surface area contributed by atoms with Crippen molar-refractivity contribution >= 4 is 23.2 Å². The molecule has 0 fully saturated rings. The first-order valence-electron chi connectivity index (χ1n) is 3.92. The van der Waals surface area contributed by atoms with E-state index in [2.05, 4.69) is 11.8 Å². The van der Waals surface area contributed by atoms with Crippen molar-refractivity contribution in [2.45, 2.75) is 6.42 Å². The van der Waals surface area contributed by atoms with Gasteiger partial charge < -0.3 is 11.5 Å². The molecule has 0 spiro atoms. The van der Waals surface area contributed by atoms with Gasteiger partial charge in [0.2, 0.25) is 5.91 Å². The van der Waals surface area contributed by atoms with Crippen LogP contribution in [0.4, 0.5) is 5.69 Å². The second-order valence-electron chi connectivity index (χ2n) is 2.68. The molecule has 0 aliphatic carbocycles. The quantitative estimate of drug-likeness (QED) is 0.537. The molecule has 14 heavy (non-hydrogen) atoms. The van der Waals surface area contributed by atoms with Crippen LogP contribution in [0.3, 0.4) is 0 Å². The average molecular weight is 209 g/mol. The SMILES string of the molecule is NC(=O)CC#Cc1ccc(N)c(Cl)c1. The summed E-state index contributed by atoms with van der Waals surface area (Å²) < 4.78 is 0. The number of carbonyl (C=O) groups is 1. The van der Waals surface area contributed by atoms with Gasteiger partial charge >= 0.3 is 0 Å². The van der Waals surface area contributed by atoms with Gasteiger partial charge in [-0.3, -0.25) is 4.79 Å². The summed E-state index contributed by atoms with van der Waals surface area (Å²) in [7, 11) is 0. The predicted octanol–water partition coefficient (Wildman–Crippen LogP) is 1.15. The van der Waals surface area contributed by atoms with Gasteiger partial charge in [-0.05, 0) is 18.2 Å². The van der Waals surface area contributed by atoms with E-state index >= 15 is 0 Å². The molecule has 1 rings (SSSR count). The lowest BCUT2D eigenvalue weighted by molar-refractivity contribution is -0.117. The van der Waals surface area contributed by atoms with Crippen molar-refractivity contribution in [2.24, 2.45) is 5.73 Å². The minimum absolute atomic E-state index is 0.0436. The van der Waals surface area contributed by atoms with E-state index in [1.54, 1.807) is 18.2 Å². The first kappa shape index (κ1) is 10.4. The molecular weight excluding hydrogens is 200 g/mol. The Balaban J connectivity index is 2.81. The molecular formula is C10H9ClN2O. The fourth-order valence-corrected chi connectivity index (χ4v) is 1.02. The number of carbonyl (C=O) groups excluding carboxylic acids is 1. The minimum atomic E-state index is -0.445. The summed E-state index contributed by atoms with van der Waals surface area (Å²) >= 11 is 5.77. The summed E-state index contributed by atoms with van der Waals surface area (Å²) in [5.41, 5.74) is 11.7. The average Bonchev–Trinajstić information content (AvgIpc) is 2.10. The Kier molecular flexibility index (Phi) is 3.38. The lowest BCUT2D eigenvalue weighted by atomic mass is 10.2. The first-order chi connectivity index (χ1) is 6.59. The molecule has 4 N–H and O–H groups in total. The summed E-state index contributed by atoms with van der Waals surface area (Å²) in [6, 6.07) is 5.04. The van der Waals surface area contributed by atoms with E-state index in [1.807, 2.05) is 0 Å². The molecule has 0 aromatic heterocycles. The molecule has 4 heteroatoms. The molecule has 0 bridgehead atoms. The minimum Gasteiger partial charge on any atom is -0.398 e. The highest BCUT2D eigenvalue weighted by Crippen LogP contribution is 2.18. The highest BCUT2D eigenvalue weighted by atomic mass is 35.5. The van der Waals surface area contributed by atoms with Gasteiger partial charge in [-0.2, -0.15) is 0 Å². The maximum absolute atomic E-state index is 10.4. The number of nitrogens with two attached hydrogens (primary N) is 2. The molecule has 0 unspecified atom stereocenters. The summed E-state index contributed by atoms with van der Waals surface area (Å²) in [5.74, 6) is 4.93. The molecule has 0 aliphatic heterocycles. The third kappa shape index (κ3) is 3.00. The summed E-state index contributed by atoms with van der Waals surface area (Å²) in [4.78, 5) is 10.4. The smallest absolute Gasteiger partial charge is 0.229 e. The van der Waals surface area contributed by atoms with Crippen LogP contribution in [0.15, 0.2) is 18.2 Å². The topological polar surface area (TPSA) is 69.1 Å². The third-order valence-corrected chi connectivity index (χ3v) is 1.82. The molecule has 0 atom stereocenters. The van der Waals surface area contributed by atoms with E-state index < -0.39 is 5.91 Å². The molecule has 3 nitrogen and oxygen atoms in total. The van der Waals surface area contributed by atoms with E-state index in [0.29, 0.717) is 16.3 Å². The van der Waals surface area contributed by atoms with Gasteiger partial charge in [-0.1, -0.05) is 23.4 Å². The van der Waals surface area contributed by atoms with Crippen LogP contribution in [0.1, 0.15) is 12.0 Å². The van der Waals surface area contributed by atoms with Gasteiger partial charge in [0.25, 0.3) is 0 Å². The largest absolute Gasteiger partial charge is 0.398 e. The van der Waals surface area contributed by atoms with Gasteiger partial charge in [0.1, 0.15) is 0 Å². The molecule has 1 aromatic rings. The van der Waals surface area contributed by atoms with E-state index in [0.717, 1.165) is 0 Å². The van der Waals surface area contributed by atoms with Crippen molar-refractivity contribution in [1.29, 1.82) is 0 Å². The van der Waals surface area contributed by atoms with Crippen LogP contribution in [0.2, 0.25) is 5.02 Å². The van der Waals surface area contributed by atoms with E-state index in [9.17, 15) is 4.79 Å². The van der Waals surface area contributed by atoms with Gasteiger partial charge in [-0.15, -0.1) is 0 Å². The molecule has 0 heterocycles. The van der Waals surface area contributed by atoms with Crippen molar-refractivity contribution in [3.05, 3.63) is 28.8 Å². The first-order valence-corrected chi connectivity index (χ1v) is 4.29. The number of hydrogen-bond acceptors (Lipinski definition) is 2. The second-order valence-corrected chi connectivity index (χ2v) is 3.09. The van der Waals surface area contributed by atoms with Crippen molar-refractivity contribution in [3.8, 4) is 11.8 Å².